The summed E-state index contributed by atoms with van der Waals surface area (Å²) < 4.78 is 49.9. The van der Waals surface area contributed by atoms with Gasteiger partial charge in [-0.2, -0.15) is 18.4 Å². The van der Waals surface area contributed by atoms with Crippen molar-refractivity contribution in [1.29, 1.82) is 5.26 Å². The zero-order valence-electron chi connectivity index (χ0n) is 13.6. The highest BCUT2D eigenvalue weighted by atomic mass is 35.5. The highest BCUT2D eigenvalue weighted by Crippen LogP contribution is 2.42. The number of nitrogens with zero attached hydrogens (tertiary/aromatic N) is 1. The normalized spacial score (nSPS) is 15.7. The number of carboxylic acid groups (broad SMARTS) is 1. The molecule has 0 saturated carbocycles. The molecule has 3 rings (SSSR count). The zero-order valence-corrected chi connectivity index (χ0v) is 15.1. The molecular formula is C18H8Cl2F3NO4. The SMILES string of the molecule is N#Cc1ccc(Oc2cc3c(cc2Cl)C=C(C(=O)O)C(C(F)(F)F)O3)cc1Cl. The quantitative estimate of drug-likeness (QED) is 0.701. The lowest BCUT2D eigenvalue weighted by Crippen LogP contribution is -2.40. The molecule has 0 amide bonds. The van der Waals surface area contributed by atoms with Crippen LogP contribution < -0.4 is 9.47 Å². The Labute approximate surface area is 166 Å². The lowest BCUT2D eigenvalue weighted by atomic mass is 10.0. The molecule has 0 radical (unpaired) electrons. The van der Waals surface area contributed by atoms with Crippen LogP contribution in [-0.4, -0.2) is 23.4 Å². The monoisotopic (exact) mass is 429 g/mol. The Morgan fingerprint density at radius 1 is 1.21 bits per heavy atom. The minimum Gasteiger partial charge on any atom is -0.478 e. The number of alkyl halides is 3. The lowest BCUT2D eigenvalue weighted by Gasteiger charge is -2.27. The molecule has 5 nitrogen and oxygen atoms in total. The predicted octanol–water partition coefficient (Wildman–Crippen LogP) is 5.45. The Morgan fingerprint density at radius 3 is 2.50 bits per heavy atom. The van der Waals surface area contributed by atoms with Gasteiger partial charge < -0.3 is 14.6 Å². The van der Waals surface area contributed by atoms with Crippen LogP contribution in [0.2, 0.25) is 10.0 Å². The zero-order chi connectivity index (χ0) is 20.6. The van der Waals surface area contributed by atoms with E-state index in [1.807, 2.05) is 6.07 Å². The highest BCUT2D eigenvalue weighted by Gasteiger charge is 2.48. The van der Waals surface area contributed by atoms with Crippen LogP contribution in [-0.2, 0) is 4.79 Å². The number of hydrogen-bond donors (Lipinski definition) is 1. The number of benzene rings is 2. The number of ether oxygens (including phenoxy) is 2. The first kappa shape index (κ1) is 19.9. The largest absolute Gasteiger partial charge is 0.478 e. The number of rotatable bonds is 3. The Morgan fingerprint density at radius 2 is 1.93 bits per heavy atom. The first-order chi connectivity index (χ1) is 13.1. The van der Waals surface area contributed by atoms with Crippen LogP contribution in [0, 0.1) is 11.3 Å². The summed E-state index contributed by atoms with van der Waals surface area (Å²) in [6.07, 6.45) is -6.70. The Kier molecular flexibility index (Phi) is 5.15. The van der Waals surface area contributed by atoms with E-state index in [9.17, 15) is 18.0 Å². The van der Waals surface area contributed by atoms with Gasteiger partial charge in [0.05, 0.1) is 21.2 Å². The van der Waals surface area contributed by atoms with Gasteiger partial charge in [-0.25, -0.2) is 4.79 Å². The van der Waals surface area contributed by atoms with E-state index in [4.69, 9.17) is 43.0 Å². The van der Waals surface area contributed by atoms with Gasteiger partial charge in [0.1, 0.15) is 23.3 Å². The Hall–Kier alpha value is -2.89. The van der Waals surface area contributed by atoms with Gasteiger partial charge in [-0.1, -0.05) is 23.2 Å². The van der Waals surface area contributed by atoms with E-state index < -0.39 is 23.8 Å². The van der Waals surface area contributed by atoms with Gasteiger partial charge in [0, 0.05) is 17.7 Å². The van der Waals surface area contributed by atoms with E-state index in [2.05, 4.69) is 0 Å². The van der Waals surface area contributed by atoms with Gasteiger partial charge in [0.2, 0.25) is 6.10 Å². The van der Waals surface area contributed by atoms with Crippen LogP contribution in [0.5, 0.6) is 17.2 Å². The summed E-state index contributed by atoms with van der Waals surface area (Å²) in [5, 5.41) is 18.0. The summed E-state index contributed by atoms with van der Waals surface area (Å²) in [6.45, 7) is 0. The maximum absolute atomic E-state index is 13.2. The number of hydrogen-bond acceptors (Lipinski definition) is 4. The molecule has 1 atom stereocenters. The Bertz CT molecular complexity index is 1040. The van der Waals surface area contributed by atoms with E-state index in [0.29, 0.717) is 0 Å². The molecule has 1 aliphatic rings. The molecule has 1 heterocycles. The molecule has 1 unspecified atom stereocenters. The minimum atomic E-state index is -4.93. The van der Waals surface area contributed by atoms with Crippen LogP contribution in [0.25, 0.3) is 6.08 Å². The topological polar surface area (TPSA) is 79.5 Å². The molecule has 0 bridgehead atoms. The van der Waals surface area contributed by atoms with E-state index in [-0.39, 0.29) is 38.4 Å². The maximum atomic E-state index is 13.2. The Balaban J connectivity index is 2.00. The van der Waals surface area contributed by atoms with Crippen molar-refractivity contribution in [3.63, 3.8) is 0 Å². The molecule has 28 heavy (non-hydrogen) atoms. The number of halogens is 5. The molecule has 1 N–H and O–H groups in total. The summed E-state index contributed by atoms with van der Waals surface area (Å²) in [5.74, 6) is -1.84. The van der Waals surface area contributed by atoms with Gasteiger partial charge in [0.25, 0.3) is 0 Å². The first-order valence-electron chi connectivity index (χ1n) is 7.49. The van der Waals surface area contributed by atoms with Crippen molar-refractivity contribution in [2.45, 2.75) is 12.3 Å². The second kappa shape index (κ2) is 7.26. The summed E-state index contributed by atoms with van der Waals surface area (Å²) in [6, 6.07) is 8.41. The van der Waals surface area contributed by atoms with Gasteiger partial charge in [-0.3, -0.25) is 0 Å². The van der Waals surface area contributed by atoms with Gasteiger partial charge in [0.15, 0.2) is 0 Å². The van der Waals surface area contributed by atoms with Gasteiger partial charge in [-0.15, -0.1) is 0 Å². The molecule has 0 saturated heterocycles. The second-order valence-electron chi connectivity index (χ2n) is 5.62. The first-order valence-corrected chi connectivity index (χ1v) is 8.25. The maximum Gasteiger partial charge on any atom is 0.430 e. The average Bonchev–Trinajstić information content (AvgIpc) is 2.60. The third-order valence-electron chi connectivity index (χ3n) is 3.74. The molecule has 1 aliphatic heterocycles. The van der Waals surface area contributed by atoms with Crippen LogP contribution in [0.4, 0.5) is 13.2 Å². The summed E-state index contributed by atoms with van der Waals surface area (Å²) in [4.78, 5) is 11.2. The van der Waals surface area contributed by atoms with Gasteiger partial charge in [-0.05, 0) is 24.3 Å². The van der Waals surface area contributed by atoms with Crippen molar-refractivity contribution in [2.75, 3.05) is 0 Å². The van der Waals surface area contributed by atoms with Crippen molar-refractivity contribution in [2.24, 2.45) is 0 Å². The van der Waals surface area contributed by atoms with E-state index in [1.54, 1.807) is 0 Å². The molecule has 2 aromatic rings. The predicted molar refractivity (Wildman–Crippen MR) is 93.8 cm³/mol. The number of fused-ring (bicyclic) bond motifs is 1. The molecule has 0 aromatic heterocycles. The fourth-order valence-electron chi connectivity index (χ4n) is 2.47. The third kappa shape index (κ3) is 3.86. The molecular weight excluding hydrogens is 422 g/mol. The summed E-state index contributed by atoms with van der Waals surface area (Å²) in [5.41, 5.74) is -0.676. The van der Waals surface area contributed by atoms with E-state index in [0.717, 1.165) is 12.1 Å². The van der Waals surface area contributed by atoms with Crippen molar-refractivity contribution in [3.05, 3.63) is 57.1 Å². The molecule has 2 aromatic carbocycles. The van der Waals surface area contributed by atoms with Crippen molar-refractivity contribution in [3.8, 4) is 23.3 Å². The average molecular weight is 430 g/mol. The molecule has 144 valence electrons. The van der Waals surface area contributed by atoms with Crippen molar-refractivity contribution >= 4 is 35.2 Å². The van der Waals surface area contributed by atoms with Crippen LogP contribution in [0.3, 0.4) is 0 Å². The fourth-order valence-corrected chi connectivity index (χ4v) is 2.89. The standard InChI is InChI=1S/C18H8Cl2F3NO4/c19-12-5-10(2-1-8(12)7-24)27-15-6-14-9(4-13(15)20)3-11(17(25)26)16(28-14)18(21,22)23/h1-6,16H,(H,25,26). The number of carboxylic acids is 1. The lowest BCUT2D eigenvalue weighted by molar-refractivity contribution is -0.187. The number of carbonyl (C=O) groups is 1. The third-order valence-corrected chi connectivity index (χ3v) is 4.34. The second-order valence-corrected chi connectivity index (χ2v) is 6.43. The van der Waals surface area contributed by atoms with E-state index >= 15 is 0 Å². The fraction of sp³-hybridized carbons (Fsp3) is 0.111. The van der Waals surface area contributed by atoms with Gasteiger partial charge >= 0.3 is 12.1 Å². The molecule has 0 aliphatic carbocycles. The molecule has 0 fully saturated rings. The van der Waals surface area contributed by atoms with Crippen LogP contribution >= 0.6 is 23.2 Å². The van der Waals surface area contributed by atoms with E-state index in [1.165, 1.54) is 24.3 Å². The van der Waals surface area contributed by atoms with Crippen molar-refractivity contribution < 1.29 is 32.5 Å². The molecule has 0 spiro atoms. The summed E-state index contributed by atoms with van der Waals surface area (Å²) >= 11 is 12.0. The van der Waals surface area contributed by atoms with Crippen LogP contribution in [0.15, 0.2) is 35.9 Å². The number of nitriles is 1. The van der Waals surface area contributed by atoms with Crippen LogP contribution in [0.1, 0.15) is 11.1 Å². The molecule has 10 heteroatoms. The smallest absolute Gasteiger partial charge is 0.430 e. The highest BCUT2D eigenvalue weighted by molar-refractivity contribution is 6.32. The minimum absolute atomic E-state index is 0.00859. The summed E-state index contributed by atoms with van der Waals surface area (Å²) in [7, 11) is 0. The number of aliphatic carboxylic acids is 1. The van der Waals surface area contributed by atoms with Crippen molar-refractivity contribution in [1.82, 2.24) is 0 Å².